The first kappa shape index (κ1) is 28.6. The molecule has 10 heteroatoms. The lowest BCUT2D eigenvalue weighted by Crippen LogP contribution is -2.59. The van der Waals surface area contributed by atoms with Gasteiger partial charge in [-0.25, -0.2) is 14.6 Å². The van der Waals surface area contributed by atoms with Crippen LogP contribution in [0, 0.1) is 12.8 Å². The number of amidine groups is 1. The molecule has 1 amide bonds. The number of aryl methyl sites for hydroxylation is 1. The molecule has 3 heterocycles. The fourth-order valence-corrected chi connectivity index (χ4v) is 5.90. The number of nitrogens with zero attached hydrogens (tertiary/aromatic N) is 3. The number of hydrogen-bond acceptors (Lipinski definition) is 8. The van der Waals surface area contributed by atoms with E-state index >= 15 is 0 Å². The van der Waals surface area contributed by atoms with Gasteiger partial charge in [0.1, 0.15) is 23.5 Å². The van der Waals surface area contributed by atoms with E-state index in [4.69, 9.17) is 14.5 Å². The molecule has 1 atom stereocenters. The van der Waals surface area contributed by atoms with Crippen molar-refractivity contribution in [2.75, 3.05) is 45.3 Å². The minimum Gasteiger partial charge on any atom is -0.459 e. The van der Waals surface area contributed by atoms with Crippen molar-refractivity contribution >= 4 is 45.6 Å². The van der Waals surface area contributed by atoms with Gasteiger partial charge in [-0.05, 0) is 36.6 Å². The first-order valence-electron chi connectivity index (χ1n) is 14.0. The maximum absolute atomic E-state index is 12.7. The second-order valence-electron chi connectivity index (χ2n) is 11.3. The lowest BCUT2D eigenvalue weighted by atomic mass is 10.1. The number of thiophene rings is 1. The Morgan fingerprint density at radius 1 is 1.07 bits per heavy atom. The van der Waals surface area contributed by atoms with Gasteiger partial charge in [0.2, 0.25) is 6.73 Å². The monoisotopic (exact) mass is 576 g/mol. The van der Waals surface area contributed by atoms with Crippen molar-refractivity contribution in [3.63, 3.8) is 0 Å². The number of alkyl carbamates (subject to hydrolysis) is 1. The van der Waals surface area contributed by atoms with Crippen LogP contribution in [0.3, 0.4) is 0 Å². The van der Waals surface area contributed by atoms with Crippen LogP contribution in [0.2, 0.25) is 0 Å². The number of carbonyl (C=O) groups is 2. The minimum atomic E-state index is -0.790. The number of benzene rings is 2. The Labute approximate surface area is 245 Å². The van der Waals surface area contributed by atoms with Gasteiger partial charge in [0.15, 0.2) is 0 Å². The third-order valence-electron chi connectivity index (χ3n) is 7.52. The second-order valence-corrected chi connectivity index (χ2v) is 12.5. The largest absolute Gasteiger partial charge is 0.459 e. The number of rotatable bonds is 7. The van der Waals surface area contributed by atoms with E-state index in [0.717, 1.165) is 59.5 Å². The fourth-order valence-electron chi connectivity index (χ4n) is 4.98. The second kappa shape index (κ2) is 12.3. The number of piperazine rings is 1. The maximum Gasteiger partial charge on any atom is 0.412 e. The van der Waals surface area contributed by atoms with E-state index in [1.165, 1.54) is 4.88 Å². The molecule has 0 aliphatic carbocycles. The zero-order valence-electron chi connectivity index (χ0n) is 24.1. The third kappa shape index (κ3) is 6.89. The molecule has 1 saturated heterocycles. The zero-order chi connectivity index (χ0) is 29.0. The van der Waals surface area contributed by atoms with E-state index in [-0.39, 0.29) is 19.3 Å². The van der Waals surface area contributed by atoms with Crippen molar-refractivity contribution in [1.82, 2.24) is 10.2 Å². The molecule has 2 aliphatic heterocycles. The van der Waals surface area contributed by atoms with Crippen LogP contribution in [0.4, 0.5) is 21.2 Å². The van der Waals surface area contributed by atoms with Gasteiger partial charge in [-0.2, -0.15) is 0 Å². The fraction of sp³-hybridized carbons (Fsp3) is 0.387. The minimum absolute atomic E-state index is 0.148. The summed E-state index contributed by atoms with van der Waals surface area (Å²) in [4.78, 5) is 34.1. The molecule has 2 aliphatic rings. The molecular weight excluding hydrogens is 538 g/mol. The number of quaternary nitrogens is 1. The molecule has 0 bridgehead atoms. The molecule has 0 radical (unpaired) electrons. The highest BCUT2D eigenvalue weighted by molar-refractivity contribution is 7.16. The van der Waals surface area contributed by atoms with Gasteiger partial charge in [-0.1, -0.05) is 56.3 Å². The highest BCUT2D eigenvalue weighted by Gasteiger charge is 2.34. The van der Waals surface area contributed by atoms with Crippen molar-refractivity contribution in [2.45, 2.75) is 33.4 Å². The lowest BCUT2D eigenvalue weighted by Gasteiger charge is -2.42. The standard InChI is InChI=1S/C31H37N5O4S/c1-21(2)27(30(37)39-19-23-10-6-5-7-11-23)34-31(38)40-20-36(4)16-14-35(15-17-36)28-24-18-22(3)41-29(24)33-26-13-9-8-12-25(26)32-28/h5-13,18,21,27H,14-17,19-20H2,1-4H3,(H-,32,33,34,38)/p+1. The van der Waals surface area contributed by atoms with Crippen LogP contribution >= 0.6 is 11.3 Å². The predicted octanol–water partition coefficient (Wildman–Crippen LogP) is 5.41. The Kier molecular flexibility index (Phi) is 8.60. The number of anilines is 2. The smallest absolute Gasteiger partial charge is 0.412 e. The van der Waals surface area contributed by atoms with Crippen LogP contribution in [-0.2, 0) is 20.9 Å². The summed E-state index contributed by atoms with van der Waals surface area (Å²) in [7, 11) is 2.09. The zero-order valence-corrected chi connectivity index (χ0v) is 24.9. The number of aliphatic imine (C=N–C) groups is 1. The van der Waals surface area contributed by atoms with Gasteiger partial charge in [0, 0.05) is 4.88 Å². The first-order valence-corrected chi connectivity index (χ1v) is 14.8. The molecule has 2 aromatic carbocycles. The van der Waals surface area contributed by atoms with Crippen LogP contribution < -0.4 is 10.6 Å². The predicted molar refractivity (Wildman–Crippen MR) is 162 cm³/mol. The van der Waals surface area contributed by atoms with E-state index in [9.17, 15) is 9.59 Å². The normalized spacial score (nSPS) is 16.4. The molecule has 41 heavy (non-hydrogen) atoms. The average molecular weight is 577 g/mol. The van der Waals surface area contributed by atoms with Crippen LogP contribution in [0.15, 0.2) is 65.7 Å². The average Bonchev–Trinajstić information content (AvgIpc) is 3.26. The van der Waals surface area contributed by atoms with Gasteiger partial charge in [0.05, 0.1) is 50.2 Å². The highest BCUT2D eigenvalue weighted by Crippen LogP contribution is 2.39. The summed E-state index contributed by atoms with van der Waals surface area (Å²) in [5, 5.41) is 7.39. The van der Waals surface area contributed by atoms with Crippen LogP contribution in [0.5, 0.6) is 0 Å². The van der Waals surface area contributed by atoms with Crippen molar-refractivity contribution in [3.05, 3.63) is 76.7 Å². The van der Waals surface area contributed by atoms with Crippen molar-refractivity contribution in [3.8, 4) is 0 Å². The number of carbonyl (C=O) groups excluding carboxylic acids is 2. The molecule has 2 N–H and O–H groups in total. The SMILES string of the molecule is Cc1cc2c(s1)Nc1ccccc1N=C2N1CC[N+](C)(COC(=O)NC(C(=O)OCc2ccccc2)C(C)C)CC1. The van der Waals surface area contributed by atoms with Crippen molar-refractivity contribution in [2.24, 2.45) is 10.9 Å². The van der Waals surface area contributed by atoms with Gasteiger partial charge in [0.25, 0.3) is 0 Å². The molecular formula is C31H38N5O4S+. The molecule has 9 nitrogen and oxygen atoms in total. The summed E-state index contributed by atoms with van der Waals surface area (Å²) in [5.41, 5.74) is 3.94. The van der Waals surface area contributed by atoms with Gasteiger partial charge in [-0.3, -0.25) is 4.48 Å². The Balaban J connectivity index is 1.17. The molecule has 0 saturated carbocycles. The molecule has 1 aromatic heterocycles. The van der Waals surface area contributed by atoms with E-state index in [2.05, 4.69) is 41.6 Å². The lowest BCUT2D eigenvalue weighted by molar-refractivity contribution is -0.928. The number of hydrogen-bond donors (Lipinski definition) is 2. The topological polar surface area (TPSA) is 92.3 Å². The Morgan fingerprint density at radius 2 is 1.78 bits per heavy atom. The van der Waals surface area contributed by atoms with E-state index in [0.29, 0.717) is 4.48 Å². The molecule has 1 unspecified atom stereocenters. The van der Waals surface area contributed by atoms with Gasteiger partial charge in [-0.15, -0.1) is 11.3 Å². The van der Waals surface area contributed by atoms with E-state index < -0.39 is 18.1 Å². The van der Waals surface area contributed by atoms with Gasteiger partial charge < -0.3 is 25.0 Å². The summed E-state index contributed by atoms with van der Waals surface area (Å²) in [6.07, 6.45) is -0.614. The van der Waals surface area contributed by atoms with Crippen LogP contribution in [0.25, 0.3) is 0 Å². The summed E-state index contributed by atoms with van der Waals surface area (Å²) < 4.78 is 11.7. The number of ether oxygens (including phenoxy) is 2. The van der Waals surface area contributed by atoms with Crippen LogP contribution in [0.1, 0.15) is 29.9 Å². The van der Waals surface area contributed by atoms with E-state index in [1.807, 2.05) is 62.4 Å². The Morgan fingerprint density at radius 3 is 2.51 bits per heavy atom. The van der Waals surface area contributed by atoms with Gasteiger partial charge >= 0.3 is 12.1 Å². The molecule has 5 rings (SSSR count). The molecule has 1 fully saturated rings. The Hall–Kier alpha value is -3.89. The van der Waals surface area contributed by atoms with Crippen molar-refractivity contribution < 1.29 is 23.5 Å². The van der Waals surface area contributed by atoms with Crippen LogP contribution in [-0.4, -0.2) is 73.3 Å². The maximum atomic E-state index is 12.7. The van der Waals surface area contributed by atoms with E-state index in [1.54, 1.807) is 11.3 Å². The number of amides is 1. The van der Waals surface area contributed by atoms with Crippen molar-refractivity contribution in [1.29, 1.82) is 0 Å². The quantitative estimate of drug-likeness (QED) is 0.289. The number of nitrogens with one attached hydrogen (secondary N) is 2. The highest BCUT2D eigenvalue weighted by atomic mass is 32.1. The number of likely N-dealkylation sites (N-methyl/N-ethyl adjacent to an activating group) is 1. The molecule has 216 valence electrons. The first-order chi connectivity index (χ1) is 19.7. The summed E-state index contributed by atoms with van der Waals surface area (Å²) in [5.74, 6) is 0.350. The Bertz CT molecular complexity index is 1410. The summed E-state index contributed by atoms with van der Waals surface area (Å²) in [6.45, 7) is 9.34. The number of esters is 1. The summed E-state index contributed by atoms with van der Waals surface area (Å²) >= 11 is 1.74. The molecule has 0 spiro atoms. The third-order valence-corrected chi connectivity index (χ3v) is 8.48. The number of para-hydroxylation sites is 2. The summed E-state index contributed by atoms with van der Waals surface area (Å²) in [6, 6.07) is 19.0. The number of fused-ring (bicyclic) bond motifs is 2. The molecule has 3 aromatic rings.